The van der Waals surface area contributed by atoms with Gasteiger partial charge >= 0.3 is 0 Å². The van der Waals surface area contributed by atoms with Crippen LogP contribution < -0.4 is 5.73 Å². The molecule has 1 aliphatic heterocycles. The van der Waals surface area contributed by atoms with Crippen LogP contribution in [0.15, 0.2) is 47.8 Å². The zero-order valence-corrected chi connectivity index (χ0v) is 19.3. The van der Waals surface area contributed by atoms with Crippen LogP contribution in [0.1, 0.15) is 29.4 Å². The minimum Gasteiger partial charge on any atom is -0.379 e. The van der Waals surface area contributed by atoms with Crippen molar-refractivity contribution in [2.45, 2.75) is 19.0 Å². The van der Waals surface area contributed by atoms with Gasteiger partial charge in [-0.25, -0.2) is 0 Å². The fourth-order valence-corrected chi connectivity index (χ4v) is 4.42. The first kappa shape index (κ1) is 25.9. The van der Waals surface area contributed by atoms with Crippen LogP contribution in [0, 0.1) is 5.92 Å². The highest BCUT2D eigenvalue weighted by Gasteiger charge is 2.29. The molecule has 1 fully saturated rings. The largest absolute Gasteiger partial charge is 0.379 e. The van der Waals surface area contributed by atoms with Crippen molar-refractivity contribution in [3.8, 4) is 0 Å². The van der Waals surface area contributed by atoms with Crippen molar-refractivity contribution < 1.29 is 9.53 Å². The number of carbonyl (C=O) groups is 1. The Labute approximate surface area is 190 Å². The van der Waals surface area contributed by atoms with Gasteiger partial charge in [-0.1, -0.05) is 43.3 Å². The summed E-state index contributed by atoms with van der Waals surface area (Å²) in [5.41, 5.74) is 7.37. The highest BCUT2D eigenvalue weighted by atomic mass is 35.5. The second kappa shape index (κ2) is 12.5. The zero-order chi connectivity index (χ0) is 19.2. The number of hydrogen-bond donors (Lipinski definition) is 1. The normalized spacial score (nSPS) is 17.3. The lowest BCUT2D eigenvalue weighted by Crippen LogP contribution is -2.45. The van der Waals surface area contributed by atoms with Crippen LogP contribution >= 0.6 is 36.2 Å². The molecule has 8 heteroatoms. The van der Waals surface area contributed by atoms with Gasteiger partial charge in [-0.3, -0.25) is 9.69 Å². The zero-order valence-electron chi connectivity index (χ0n) is 16.9. The summed E-state index contributed by atoms with van der Waals surface area (Å²) in [5.74, 6) is -0.188. The van der Waals surface area contributed by atoms with Crippen molar-refractivity contribution in [2.75, 3.05) is 39.9 Å². The van der Waals surface area contributed by atoms with Crippen molar-refractivity contribution >= 4 is 42.1 Å². The lowest BCUT2D eigenvalue weighted by Gasteiger charge is -2.37. The SMILES string of the molecule is CC(C(=O)N(C)CC(c1cccs1)N1CCOCC1)C(N)c1ccccc1.Cl.Cl. The van der Waals surface area contributed by atoms with Crippen molar-refractivity contribution in [3.05, 3.63) is 58.3 Å². The number of ether oxygens (including phenoxy) is 1. The van der Waals surface area contributed by atoms with Crippen LogP contribution in [0.5, 0.6) is 0 Å². The van der Waals surface area contributed by atoms with Gasteiger partial charge in [0.05, 0.1) is 25.2 Å². The molecule has 3 atom stereocenters. The summed E-state index contributed by atoms with van der Waals surface area (Å²) in [6.07, 6.45) is 0. The lowest BCUT2D eigenvalue weighted by atomic mass is 9.94. The van der Waals surface area contributed by atoms with Gasteiger partial charge < -0.3 is 15.4 Å². The molecule has 2 aromatic rings. The van der Waals surface area contributed by atoms with Gasteiger partial charge in [0.2, 0.25) is 5.91 Å². The molecule has 1 amide bonds. The average Bonchev–Trinajstić information content (AvgIpc) is 3.26. The molecular weight excluding hydrogens is 429 g/mol. The molecule has 162 valence electrons. The molecule has 2 N–H and O–H groups in total. The molecule has 0 spiro atoms. The predicted octanol–water partition coefficient (Wildman–Crippen LogP) is 3.76. The molecule has 3 unspecified atom stereocenters. The monoisotopic (exact) mass is 459 g/mol. The Bertz CT molecular complexity index is 712. The van der Waals surface area contributed by atoms with Crippen LogP contribution in [0.4, 0.5) is 0 Å². The first-order valence-electron chi connectivity index (χ1n) is 9.48. The molecule has 1 aliphatic rings. The molecule has 0 bridgehead atoms. The van der Waals surface area contributed by atoms with E-state index in [4.69, 9.17) is 10.5 Å². The molecule has 1 saturated heterocycles. The van der Waals surface area contributed by atoms with Crippen LogP contribution in [-0.2, 0) is 9.53 Å². The molecule has 5 nitrogen and oxygen atoms in total. The fourth-order valence-electron chi connectivity index (χ4n) is 3.57. The quantitative estimate of drug-likeness (QED) is 0.684. The van der Waals surface area contributed by atoms with E-state index in [1.54, 1.807) is 11.3 Å². The number of rotatable bonds is 7. The average molecular weight is 460 g/mol. The number of nitrogens with two attached hydrogens (primary N) is 1. The summed E-state index contributed by atoms with van der Waals surface area (Å²) in [7, 11) is 1.89. The summed E-state index contributed by atoms with van der Waals surface area (Å²) >= 11 is 1.74. The number of morpholine rings is 1. The maximum atomic E-state index is 13.1. The summed E-state index contributed by atoms with van der Waals surface area (Å²) in [6.45, 7) is 5.85. The van der Waals surface area contributed by atoms with E-state index in [9.17, 15) is 4.79 Å². The Hall–Kier alpha value is -1.15. The van der Waals surface area contributed by atoms with Crippen molar-refractivity contribution in [1.82, 2.24) is 9.80 Å². The number of amides is 1. The van der Waals surface area contributed by atoms with Gasteiger partial charge in [0, 0.05) is 37.6 Å². The second-order valence-electron chi connectivity index (χ2n) is 7.12. The van der Waals surface area contributed by atoms with E-state index in [0.717, 1.165) is 31.9 Å². The standard InChI is InChI=1S/C21H29N3O2S.2ClH/c1-16(20(22)17-7-4-3-5-8-17)21(25)23(2)15-18(19-9-6-14-27-19)24-10-12-26-13-11-24;;/h3-9,14,16,18,20H,10-13,15,22H2,1-2H3;2*1H. The van der Waals surface area contributed by atoms with Gasteiger partial charge in [0.25, 0.3) is 0 Å². The molecule has 0 radical (unpaired) electrons. The summed E-state index contributed by atoms with van der Waals surface area (Å²) < 4.78 is 5.50. The first-order chi connectivity index (χ1) is 13.1. The molecule has 0 saturated carbocycles. The van der Waals surface area contributed by atoms with Crippen molar-refractivity contribution in [2.24, 2.45) is 11.7 Å². The molecule has 2 heterocycles. The number of nitrogens with zero attached hydrogens (tertiary/aromatic N) is 2. The predicted molar refractivity (Wildman–Crippen MR) is 124 cm³/mol. The Balaban J connectivity index is 0.00000210. The summed E-state index contributed by atoms with van der Waals surface area (Å²) in [5, 5.41) is 2.10. The number of halogens is 2. The van der Waals surface area contributed by atoms with Gasteiger partial charge in [-0.05, 0) is 17.0 Å². The van der Waals surface area contributed by atoms with Gasteiger partial charge in [-0.2, -0.15) is 0 Å². The Morgan fingerprint density at radius 2 is 1.83 bits per heavy atom. The summed E-state index contributed by atoms with van der Waals surface area (Å²) in [4.78, 5) is 18.6. The van der Waals surface area contributed by atoms with E-state index in [-0.39, 0.29) is 48.7 Å². The minimum atomic E-state index is -0.301. The number of thiophene rings is 1. The maximum absolute atomic E-state index is 13.1. The smallest absolute Gasteiger partial charge is 0.227 e. The number of likely N-dealkylation sites (N-methyl/N-ethyl adjacent to an activating group) is 1. The number of hydrogen-bond acceptors (Lipinski definition) is 5. The van der Waals surface area contributed by atoms with Crippen molar-refractivity contribution in [3.63, 3.8) is 0 Å². The van der Waals surface area contributed by atoms with Gasteiger partial charge in [0.1, 0.15) is 0 Å². The van der Waals surface area contributed by atoms with Gasteiger partial charge in [-0.15, -0.1) is 36.2 Å². The van der Waals surface area contributed by atoms with E-state index in [1.165, 1.54) is 4.88 Å². The molecule has 3 rings (SSSR count). The topological polar surface area (TPSA) is 58.8 Å². The minimum absolute atomic E-state index is 0. The third-order valence-electron chi connectivity index (χ3n) is 5.29. The van der Waals surface area contributed by atoms with Crippen LogP contribution in [-0.4, -0.2) is 55.6 Å². The highest BCUT2D eigenvalue weighted by molar-refractivity contribution is 7.10. The Morgan fingerprint density at radius 1 is 1.17 bits per heavy atom. The van der Waals surface area contributed by atoms with Gasteiger partial charge in [0.15, 0.2) is 0 Å². The lowest BCUT2D eigenvalue weighted by molar-refractivity contribution is -0.135. The van der Waals surface area contributed by atoms with E-state index >= 15 is 0 Å². The van der Waals surface area contributed by atoms with E-state index in [2.05, 4.69) is 22.4 Å². The molecule has 1 aromatic carbocycles. The molecule has 1 aromatic heterocycles. The van der Waals surface area contributed by atoms with Crippen LogP contribution in [0.2, 0.25) is 0 Å². The second-order valence-corrected chi connectivity index (χ2v) is 8.10. The summed E-state index contributed by atoms with van der Waals surface area (Å²) in [6, 6.07) is 14.0. The van der Waals surface area contributed by atoms with Crippen molar-refractivity contribution in [1.29, 1.82) is 0 Å². The van der Waals surface area contributed by atoms with E-state index < -0.39 is 0 Å². The maximum Gasteiger partial charge on any atom is 0.227 e. The van der Waals surface area contributed by atoms with E-state index in [0.29, 0.717) is 6.54 Å². The molecule has 29 heavy (non-hydrogen) atoms. The first-order valence-corrected chi connectivity index (χ1v) is 10.4. The molecule has 0 aliphatic carbocycles. The van der Waals surface area contributed by atoms with E-state index in [1.807, 2.05) is 49.2 Å². The highest BCUT2D eigenvalue weighted by Crippen LogP contribution is 2.28. The Kier molecular flexibility index (Phi) is 11.2. The third kappa shape index (κ3) is 6.67. The third-order valence-corrected chi connectivity index (χ3v) is 6.27. The molecular formula is C21H31Cl2N3O2S. The Morgan fingerprint density at radius 3 is 2.41 bits per heavy atom. The number of carbonyl (C=O) groups excluding carboxylic acids is 1. The van der Waals surface area contributed by atoms with Crippen LogP contribution in [0.25, 0.3) is 0 Å². The fraction of sp³-hybridized carbons (Fsp3) is 0.476. The van der Waals surface area contributed by atoms with Crippen LogP contribution in [0.3, 0.4) is 0 Å². The number of benzene rings is 1.